The number of nitrogens with one attached hydrogen (secondary N) is 1. The minimum atomic E-state index is -0.612. The summed E-state index contributed by atoms with van der Waals surface area (Å²) in [6, 6.07) is 7.50. The van der Waals surface area contributed by atoms with Crippen LogP contribution in [0, 0.1) is 11.6 Å². The first kappa shape index (κ1) is 24.0. The molecule has 1 unspecified atom stereocenters. The van der Waals surface area contributed by atoms with Crippen molar-refractivity contribution >= 4 is 29.2 Å². The largest absolute Gasteiger partial charge is 0.491 e. The molecule has 5 nitrogen and oxygen atoms in total. The first-order valence-corrected chi connectivity index (χ1v) is 10.7. The Labute approximate surface area is 192 Å². The van der Waals surface area contributed by atoms with E-state index >= 15 is 0 Å². The van der Waals surface area contributed by atoms with E-state index < -0.39 is 5.91 Å². The Bertz CT molecular complexity index is 1100. The number of hydrogen-bond acceptors (Lipinski definition) is 3. The second-order valence-electron chi connectivity index (χ2n) is 8.03. The number of carbonyl (C=O) groups excluding carboxylic acids is 1. The molecule has 0 aliphatic carbocycles. The van der Waals surface area contributed by atoms with Crippen molar-refractivity contribution in [1.29, 1.82) is 0 Å². The monoisotopic (exact) mass is 463 g/mol. The number of amides is 1. The topological polar surface area (TPSA) is 71.3 Å². The highest BCUT2D eigenvalue weighted by Gasteiger charge is 2.29. The lowest BCUT2D eigenvalue weighted by Gasteiger charge is -2.35. The highest BCUT2D eigenvalue weighted by molar-refractivity contribution is 5.96. The summed E-state index contributed by atoms with van der Waals surface area (Å²) in [7, 11) is 0. The molecule has 172 valence electrons. The number of rotatable bonds is 8. The van der Waals surface area contributed by atoms with Gasteiger partial charge in [-0.05, 0) is 74.7 Å². The third kappa shape index (κ3) is 4.89. The maximum atomic E-state index is 14.4. The van der Waals surface area contributed by atoms with Crippen LogP contribution in [0.4, 0.5) is 8.78 Å². The van der Waals surface area contributed by atoms with E-state index in [2.05, 4.69) is 16.8 Å². The molecule has 1 aromatic heterocycles. The van der Waals surface area contributed by atoms with E-state index in [1.807, 2.05) is 6.20 Å². The van der Waals surface area contributed by atoms with Crippen LogP contribution in [0.5, 0.6) is 5.75 Å². The van der Waals surface area contributed by atoms with Gasteiger partial charge in [-0.1, -0.05) is 6.92 Å². The maximum Gasteiger partial charge on any atom is 0.252 e. The highest BCUT2D eigenvalue weighted by Crippen LogP contribution is 2.32. The van der Waals surface area contributed by atoms with Crippen molar-refractivity contribution in [3.8, 4) is 5.75 Å². The average Bonchev–Trinajstić information content (AvgIpc) is 3.16. The van der Waals surface area contributed by atoms with E-state index in [9.17, 15) is 13.6 Å². The van der Waals surface area contributed by atoms with Crippen LogP contribution in [0.3, 0.4) is 0 Å². The Balaban J connectivity index is 0.00000289. The van der Waals surface area contributed by atoms with Crippen molar-refractivity contribution in [2.45, 2.75) is 38.6 Å². The SMILES string of the molecule is CCN(CCCCc1c[nH]c2ccc(F)cc12)C1COc2c(C(N)=O)ccc(F)c2C1.Cl. The van der Waals surface area contributed by atoms with Gasteiger partial charge >= 0.3 is 0 Å². The number of aryl methyl sites for hydroxylation is 1. The zero-order chi connectivity index (χ0) is 22.0. The fraction of sp³-hybridized carbons (Fsp3) is 0.375. The minimum Gasteiger partial charge on any atom is -0.491 e. The van der Waals surface area contributed by atoms with Gasteiger partial charge < -0.3 is 15.5 Å². The van der Waals surface area contributed by atoms with Gasteiger partial charge in [0.15, 0.2) is 0 Å². The molecule has 8 heteroatoms. The van der Waals surface area contributed by atoms with Gasteiger partial charge in [-0.2, -0.15) is 0 Å². The number of carbonyl (C=O) groups is 1. The second-order valence-corrected chi connectivity index (χ2v) is 8.03. The van der Waals surface area contributed by atoms with Gasteiger partial charge in [0.1, 0.15) is 24.0 Å². The van der Waals surface area contributed by atoms with Gasteiger partial charge in [0.05, 0.1) is 5.56 Å². The molecule has 1 atom stereocenters. The molecule has 1 amide bonds. The molecule has 1 aliphatic heterocycles. The third-order valence-corrected chi connectivity index (χ3v) is 6.12. The molecule has 3 N–H and O–H groups in total. The summed E-state index contributed by atoms with van der Waals surface area (Å²) in [5, 5.41) is 0.936. The highest BCUT2D eigenvalue weighted by atomic mass is 35.5. The molecule has 2 aromatic carbocycles. The summed E-state index contributed by atoms with van der Waals surface area (Å²) in [6.45, 7) is 4.15. The molecule has 2 heterocycles. The van der Waals surface area contributed by atoms with Crippen molar-refractivity contribution < 1.29 is 18.3 Å². The number of unbranched alkanes of at least 4 members (excludes halogenated alkanes) is 1. The van der Waals surface area contributed by atoms with Crippen LogP contribution < -0.4 is 10.5 Å². The van der Waals surface area contributed by atoms with E-state index in [-0.39, 0.29) is 41.4 Å². The van der Waals surface area contributed by atoms with Gasteiger partial charge in [-0.3, -0.25) is 9.69 Å². The third-order valence-electron chi connectivity index (χ3n) is 6.12. The van der Waals surface area contributed by atoms with Gasteiger partial charge in [-0.15, -0.1) is 12.4 Å². The Kier molecular flexibility index (Phi) is 7.74. The van der Waals surface area contributed by atoms with Crippen molar-refractivity contribution in [2.24, 2.45) is 5.73 Å². The number of primary amides is 1. The molecule has 0 bridgehead atoms. The zero-order valence-corrected chi connectivity index (χ0v) is 18.8. The van der Waals surface area contributed by atoms with Crippen molar-refractivity contribution in [3.63, 3.8) is 0 Å². The number of aromatic nitrogens is 1. The van der Waals surface area contributed by atoms with E-state index in [0.29, 0.717) is 18.6 Å². The minimum absolute atomic E-state index is 0. The van der Waals surface area contributed by atoms with Crippen LogP contribution in [-0.4, -0.2) is 41.5 Å². The van der Waals surface area contributed by atoms with Gasteiger partial charge in [-0.25, -0.2) is 8.78 Å². The number of fused-ring (bicyclic) bond motifs is 2. The van der Waals surface area contributed by atoms with Crippen LogP contribution >= 0.6 is 12.4 Å². The summed E-state index contributed by atoms with van der Waals surface area (Å²) in [4.78, 5) is 17.1. The number of H-pyrrole nitrogens is 1. The lowest BCUT2D eigenvalue weighted by atomic mass is 9.97. The van der Waals surface area contributed by atoms with Crippen molar-refractivity contribution in [3.05, 3.63) is 64.9 Å². The standard InChI is InChI=1S/C24H27F2N3O2.ClH/c1-2-29(10-4-3-5-15-13-28-22-9-6-16(25)11-19(15)22)17-12-20-21(26)8-7-18(24(27)30)23(20)31-14-17;/h6-9,11,13,17,28H,2-5,10,12,14H2,1H3,(H2,27,30);1H. The molecular formula is C24H28ClF2N3O2. The normalized spacial score (nSPS) is 15.3. The van der Waals surface area contributed by atoms with E-state index in [1.165, 1.54) is 18.2 Å². The zero-order valence-electron chi connectivity index (χ0n) is 18.0. The number of nitrogens with zero attached hydrogens (tertiary/aromatic N) is 1. The fourth-order valence-corrected chi connectivity index (χ4v) is 4.45. The van der Waals surface area contributed by atoms with Gasteiger partial charge in [0, 0.05) is 28.7 Å². The van der Waals surface area contributed by atoms with Gasteiger partial charge in [0.25, 0.3) is 5.91 Å². The Morgan fingerprint density at radius 2 is 2.06 bits per heavy atom. The van der Waals surface area contributed by atoms with E-state index in [0.717, 1.165) is 48.8 Å². The molecule has 0 saturated heterocycles. The molecule has 0 fully saturated rings. The predicted octanol–water partition coefficient (Wildman–Crippen LogP) is 4.62. The Hall–Kier alpha value is -2.64. The number of likely N-dealkylation sites (N-methyl/N-ethyl adjacent to an activating group) is 1. The number of benzene rings is 2. The van der Waals surface area contributed by atoms with Crippen molar-refractivity contribution in [2.75, 3.05) is 19.7 Å². The van der Waals surface area contributed by atoms with E-state index in [1.54, 1.807) is 12.1 Å². The van der Waals surface area contributed by atoms with Crippen LogP contribution in [0.25, 0.3) is 10.9 Å². The number of nitrogens with two attached hydrogens (primary N) is 1. The van der Waals surface area contributed by atoms with Crippen LogP contribution in [0.1, 0.15) is 41.3 Å². The van der Waals surface area contributed by atoms with Crippen molar-refractivity contribution in [1.82, 2.24) is 9.88 Å². The average molecular weight is 464 g/mol. The van der Waals surface area contributed by atoms with Crippen LogP contribution in [0.15, 0.2) is 36.5 Å². The van der Waals surface area contributed by atoms with Crippen LogP contribution in [-0.2, 0) is 12.8 Å². The predicted molar refractivity (Wildman–Crippen MR) is 124 cm³/mol. The van der Waals surface area contributed by atoms with Gasteiger partial charge in [0.2, 0.25) is 0 Å². The lowest BCUT2D eigenvalue weighted by Crippen LogP contribution is -2.44. The number of ether oxygens (including phenoxy) is 1. The lowest BCUT2D eigenvalue weighted by molar-refractivity contribution is 0.0979. The first-order valence-electron chi connectivity index (χ1n) is 10.7. The number of halogens is 3. The Morgan fingerprint density at radius 3 is 2.81 bits per heavy atom. The maximum absolute atomic E-state index is 14.4. The van der Waals surface area contributed by atoms with E-state index in [4.69, 9.17) is 10.5 Å². The summed E-state index contributed by atoms with van der Waals surface area (Å²) >= 11 is 0. The summed E-state index contributed by atoms with van der Waals surface area (Å²) < 4.78 is 33.7. The molecule has 1 aliphatic rings. The summed E-state index contributed by atoms with van der Waals surface area (Å²) in [6.07, 6.45) is 5.22. The smallest absolute Gasteiger partial charge is 0.252 e. The molecular weight excluding hydrogens is 436 g/mol. The Morgan fingerprint density at radius 1 is 1.25 bits per heavy atom. The number of hydrogen-bond donors (Lipinski definition) is 2. The number of aromatic amines is 1. The molecule has 3 aromatic rings. The molecule has 32 heavy (non-hydrogen) atoms. The molecule has 4 rings (SSSR count). The molecule has 0 spiro atoms. The van der Waals surface area contributed by atoms with Crippen LogP contribution in [0.2, 0.25) is 0 Å². The first-order chi connectivity index (χ1) is 15.0. The molecule has 0 radical (unpaired) electrons. The fourth-order valence-electron chi connectivity index (χ4n) is 4.45. The second kappa shape index (κ2) is 10.3. The quantitative estimate of drug-likeness (QED) is 0.479. The molecule has 0 saturated carbocycles. The summed E-state index contributed by atoms with van der Waals surface area (Å²) in [5.74, 6) is -0.923. The summed E-state index contributed by atoms with van der Waals surface area (Å²) in [5.41, 5.74) is 8.12.